The molecule has 30 heavy (non-hydrogen) atoms. The number of β-amino-alcohol motifs (C(OH)–C–C–N with tert-alkyl or cyclic N) is 1. The molecule has 0 spiro atoms. The number of rotatable bonds is 6. The van der Waals surface area contributed by atoms with Crippen LogP contribution in [0.15, 0.2) is 54.6 Å². The van der Waals surface area contributed by atoms with Crippen molar-refractivity contribution in [2.75, 3.05) is 13.2 Å². The van der Waals surface area contributed by atoms with Gasteiger partial charge in [-0.1, -0.05) is 18.2 Å². The van der Waals surface area contributed by atoms with E-state index >= 15 is 0 Å². The van der Waals surface area contributed by atoms with Crippen LogP contribution in [0.25, 0.3) is 0 Å². The number of nitro groups is 1. The molecule has 3 rings (SSSR count). The van der Waals surface area contributed by atoms with Gasteiger partial charge in [-0.15, -0.1) is 0 Å². The summed E-state index contributed by atoms with van der Waals surface area (Å²) in [5.74, 6) is -1.13. The first kappa shape index (κ1) is 20.9. The quantitative estimate of drug-likeness (QED) is 0.328. The standard InChI is InChI=1S/C20H18N2O8/c23-15-10-17(21(11-15)20(26)30-16-4-2-1-3-5-16)19(25)29-12-18(24)13-6-8-14(9-7-13)22(27)28/h1-9,15,17,23H,10-12H2/t15-,17-/m0/s1. The first-order chi connectivity index (χ1) is 14.3. The summed E-state index contributed by atoms with van der Waals surface area (Å²) in [5, 5.41) is 20.5. The molecular formula is C20H18N2O8. The van der Waals surface area contributed by atoms with E-state index in [0.717, 1.165) is 4.90 Å². The van der Waals surface area contributed by atoms with Crippen LogP contribution < -0.4 is 4.74 Å². The van der Waals surface area contributed by atoms with Crippen molar-refractivity contribution in [3.63, 3.8) is 0 Å². The van der Waals surface area contributed by atoms with Crippen LogP contribution in [0.5, 0.6) is 5.75 Å². The second-order valence-corrected chi connectivity index (χ2v) is 6.57. The molecule has 1 saturated heterocycles. The lowest BCUT2D eigenvalue weighted by molar-refractivity contribution is -0.384. The molecule has 0 aliphatic carbocycles. The minimum Gasteiger partial charge on any atom is -0.456 e. The number of esters is 1. The van der Waals surface area contributed by atoms with E-state index in [4.69, 9.17) is 9.47 Å². The fourth-order valence-corrected chi connectivity index (χ4v) is 2.97. The molecule has 0 aromatic heterocycles. The lowest BCUT2D eigenvalue weighted by Gasteiger charge is -2.22. The van der Waals surface area contributed by atoms with Gasteiger partial charge in [-0.25, -0.2) is 9.59 Å². The highest BCUT2D eigenvalue weighted by molar-refractivity contribution is 5.98. The van der Waals surface area contributed by atoms with Crippen LogP contribution >= 0.6 is 0 Å². The molecule has 2 atom stereocenters. The van der Waals surface area contributed by atoms with E-state index in [0.29, 0.717) is 0 Å². The van der Waals surface area contributed by atoms with Crippen molar-refractivity contribution in [3.8, 4) is 5.75 Å². The number of para-hydroxylation sites is 1. The molecule has 0 bridgehead atoms. The predicted octanol–water partition coefficient (Wildman–Crippen LogP) is 1.95. The monoisotopic (exact) mass is 414 g/mol. The normalized spacial score (nSPS) is 18.0. The molecule has 0 unspecified atom stereocenters. The molecule has 2 aromatic carbocycles. The predicted molar refractivity (Wildman–Crippen MR) is 102 cm³/mol. The van der Waals surface area contributed by atoms with Gasteiger partial charge in [0.15, 0.2) is 12.4 Å². The number of benzene rings is 2. The minimum absolute atomic E-state index is 0.0472. The van der Waals surface area contributed by atoms with Crippen molar-refractivity contribution in [3.05, 3.63) is 70.3 Å². The number of amides is 1. The third-order valence-corrected chi connectivity index (χ3v) is 4.48. The molecular weight excluding hydrogens is 396 g/mol. The third kappa shape index (κ3) is 4.97. The molecule has 10 nitrogen and oxygen atoms in total. The number of aliphatic hydroxyl groups is 1. The van der Waals surface area contributed by atoms with Gasteiger partial charge in [-0.3, -0.25) is 19.8 Å². The number of nitrogens with zero attached hydrogens (tertiary/aromatic N) is 2. The smallest absolute Gasteiger partial charge is 0.416 e. The Morgan fingerprint density at radius 3 is 2.40 bits per heavy atom. The fraction of sp³-hybridized carbons (Fsp3) is 0.250. The highest BCUT2D eigenvalue weighted by Gasteiger charge is 2.41. The summed E-state index contributed by atoms with van der Waals surface area (Å²) < 4.78 is 10.2. The largest absolute Gasteiger partial charge is 0.456 e. The van der Waals surface area contributed by atoms with Crippen molar-refractivity contribution in [2.45, 2.75) is 18.6 Å². The lowest BCUT2D eigenvalue weighted by Crippen LogP contribution is -2.43. The second kappa shape index (κ2) is 9.14. The Hall–Kier alpha value is -3.79. The zero-order chi connectivity index (χ0) is 21.7. The Labute approximate surface area is 170 Å². The minimum atomic E-state index is -1.10. The fourth-order valence-electron chi connectivity index (χ4n) is 2.97. The van der Waals surface area contributed by atoms with E-state index in [1.807, 2.05) is 0 Å². The van der Waals surface area contributed by atoms with Gasteiger partial charge in [0, 0.05) is 24.1 Å². The number of likely N-dealkylation sites (tertiary alicyclic amines) is 1. The van der Waals surface area contributed by atoms with Gasteiger partial charge < -0.3 is 14.6 Å². The molecule has 156 valence electrons. The highest BCUT2D eigenvalue weighted by atomic mass is 16.6. The molecule has 1 amide bonds. The summed E-state index contributed by atoms with van der Waals surface area (Å²) in [6, 6.07) is 12.0. The number of hydrogen-bond acceptors (Lipinski definition) is 8. The van der Waals surface area contributed by atoms with Gasteiger partial charge in [-0.2, -0.15) is 0 Å². The van der Waals surface area contributed by atoms with Gasteiger partial charge in [0.2, 0.25) is 0 Å². The SMILES string of the molecule is O=C(COC(=O)[C@@H]1C[C@H](O)CN1C(=O)Oc1ccccc1)c1ccc([N+](=O)[O-])cc1. The van der Waals surface area contributed by atoms with Crippen molar-refractivity contribution >= 4 is 23.5 Å². The number of aliphatic hydroxyl groups excluding tert-OH is 1. The van der Waals surface area contributed by atoms with Crippen LogP contribution in [0.3, 0.4) is 0 Å². The van der Waals surface area contributed by atoms with Gasteiger partial charge in [0.05, 0.1) is 17.6 Å². The third-order valence-electron chi connectivity index (χ3n) is 4.48. The summed E-state index contributed by atoms with van der Waals surface area (Å²) in [6.45, 7) is -0.716. The Morgan fingerprint density at radius 1 is 1.10 bits per heavy atom. The van der Waals surface area contributed by atoms with Gasteiger partial charge in [0.25, 0.3) is 5.69 Å². The molecule has 1 aliphatic rings. The van der Waals surface area contributed by atoms with E-state index in [9.17, 15) is 29.6 Å². The Kier molecular flexibility index (Phi) is 6.38. The zero-order valence-electron chi connectivity index (χ0n) is 15.7. The van der Waals surface area contributed by atoms with Crippen molar-refractivity contribution < 1.29 is 33.9 Å². The van der Waals surface area contributed by atoms with E-state index in [-0.39, 0.29) is 30.0 Å². The molecule has 1 fully saturated rings. The molecule has 1 N–H and O–H groups in total. The van der Waals surface area contributed by atoms with E-state index in [1.165, 1.54) is 24.3 Å². The maximum Gasteiger partial charge on any atom is 0.416 e. The summed E-state index contributed by atoms with van der Waals surface area (Å²) >= 11 is 0. The maximum absolute atomic E-state index is 12.4. The Morgan fingerprint density at radius 2 is 1.77 bits per heavy atom. The molecule has 2 aromatic rings. The number of carbonyl (C=O) groups is 3. The number of ketones is 1. The van der Waals surface area contributed by atoms with Crippen LogP contribution in [0, 0.1) is 10.1 Å². The highest BCUT2D eigenvalue weighted by Crippen LogP contribution is 2.22. The van der Waals surface area contributed by atoms with Crippen molar-refractivity contribution in [1.82, 2.24) is 4.90 Å². The van der Waals surface area contributed by atoms with Gasteiger partial charge in [-0.05, 0) is 24.3 Å². The van der Waals surface area contributed by atoms with Crippen LogP contribution in [0.1, 0.15) is 16.8 Å². The average Bonchev–Trinajstić information content (AvgIpc) is 3.14. The van der Waals surface area contributed by atoms with Crippen LogP contribution in [-0.4, -0.2) is 58.1 Å². The topological polar surface area (TPSA) is 136 Å². The van der Waals surface area contributed by atoms with Crippen LogP contribution in [0.2, 0.25) is 0 Å². The second-order valence-electron chi connectivity index (χ2n) is 6.57. The Balaban J connectivity index is 1.59. The number of non-ortho nitro benzene ring substituents is 1. The number of hydrogen-bond donors (Lipinski definition) is 1. The maximum atomic E-state index is 12.4. The van der Waals surface area contributed by atoms with E-state index < -0.39 is 41.5 Å². The molecule has 0 radical (unpaired) electrons. The summed E-state index contributed by atoms with van der Waals surface area (Å²) in [6.07, 6.45) is -1.80. The number of Topliss-reactive ketones (excluding diaryl/α,β-unsaturated/α-hetero) is 1. The van der Waals surface area contributed by atoms with E-state index in [2.05, 4.69) is 0 Å². The van der Waals surface area contributed by atoms with Crippen molar-refractivity contribution in [1.29, 1.82) is 0 Å². The van der Waals surface area contributed by atoms with Gasteiger partial charge in [0.1, 0.15) is 11.8 Å². The molecule has 1 aliphatic heterocycles. The molecule has 10 heteroatoms. The summed E-state index contributed by atoms with van der Waals surface area (Å²) in [4.78, 5) is 48.1. The molecule has 0 saturated carbocycles. The average molecular weight is 414 g/mol. The first-order valence-corrected chi connectivity index (χ1v) is 9.01. The number of ether oxygens (including phenoxy) is 2. The Bertz CT molecular complexity index is 945. The van der Waals surface area contributed by atoms with Crippen LogP contribution in [0.4, 0.5) is 10.5 Å². The number of carbonyl (C=O) groups excluding carboxylic acids is 3. The van der Waals surface area contributed by atoms with E-state index in [1.54, 1.807) is 30.3 Å². The number of nitro benzene ring substituents is 1. The zero-order valence-corrected chi connectivity index (χ0v) is 15.7. The summed E-state index contributed by atoms with van der Waals surface area (Å²) in [5.41, 5.74) is -0.0312. The molecule has 1 heterocycles. The lowest BCUT2D eigenvalue weighted by atomic mass is 10.1. The van der Waals surface area contributed by atoms with Crippen molar-refractivity contribution in [2.24, 2.45) is 0 Å². The van der Waals surface area contributed by atoms with Crippen LogP contribution in [-0.2, 0) is 9.53 Å². The van der Waals surface area contributed by atoms with Gasteiger partial charge >= 0.3 is 12.1 Å². The first-order valence-electron chi connectivity index (χ1n) is 9.01. The summed E-state index contributed by atoms with van der Waals surface area (Å²) in [7, 11) is 0.